The molecule has 146 valence electrons. The van der Waals surface area contributed by atoms with Crippen LogP contribution in [0.3, 0.4) is 0 Å². The molecule has 0 saturated heterocycles. The largest absolute Gasteiger partial charge is 0.479 e. The van der Waals surface area contributed by atoms with Crippen molar-refractivity contribution in [3.8, 4) is 11.1 Å². The second-order valence-corrected chi connectivity index (χ2v) is 7.25. The lowest BCUT2D eigenvalue weighted by Gasteiger charge is -2.26. The fourth-order valence-electron chi connectivity index (χ4n) is 3.86. The maximum Gasteiger partial charge on any atom is 0.408 e. The summed E-state index contributed by atoms with van der Waals surface area (Å²) in [4.78, 5) is 24.4. The Morgan fingerprint density at radius 3 is 1.97 bits per heavy atom. The summed E-state index contributed by atoms with van der Waals surface area (Å²) in [5.41, 5.74) is 3.37. The fourth-order valence-corrected chi connectivity index (χ4v) is 3.86. The quantitative estimate of drug-likeness (QED) is 0.675. The molecule has 1 amide bonds. The van der Waals surface area contributed by atoms with Gasteiger partial charge in [0.15, 0.2) is 5.54 Å². The maximum absolute atomic E-state index is 12.5. The van der Waals surface area contributed by atoms with Crippen LogP contribution in [0.2, 0.25) is 0 Å². The predicted molar refractivity (Wildman–Crippen MR) is 110 cm³/mol. The number of alkyl carbamates (subject to hydrolysis) is 1. The molecule has 0 unspecified atom stereocenters. The van der Waals surface area contributed by atoms with Crippen molar-refractivity contribution in [2.75, 3.05) is 6.61 Å². The van der Waals surface area contributed by atoms with E-state index in [1.807, 2.05) is 36.4 Å². The van der Waals surface area contributed by atoms with E-state index in [0.29, 0.717) is 5.56 Å². The van der Waals surface area contributed by atoms with Gasteiger partial charge in [-0.15, -0.1) is 0 Å². The zero-order valence-corrected chi connectivity index (χ0v) is 16.0. The van der Waals surface area contributed by atoms with Gasteiger partial charge in [-0.05, 0) is 34.7 Å². The first-order valence-corrected chi connectivity index (χ1v) is 9.43. The Labute approximate surface area is 169 Å². The third-order valence-corrected chi connectivity index (χ3v) is 5.47. The average molecular weight is 387 g/mol. The van der Waals surface area contributed by atoms with Crippen molar-refractivity contribution in [2.24, 2.45) is 0 Å². The Bertz CT molecular complexity index is 1020. The number of carboxylic acids is 1. The fraction of sp³-hybridized carbons (Fsp3) is 0.167. The van der Waals surface area contributed by atoms with E-state index < -0.39 is 17.6 Å². The highest BCUT2D eigenvalue weighted by Crippen LogP contribution is 2.44. The molecular weight excluding hydrogens is 366 g/mol. The standard InChI is InChI=1S/C24H21NO4/c1-24(22(26)27,16-9-3-2-4-10-16)25-23(28)29-15-21-19-13-7-5-11-17(19)18-12-6-8-14-20(18)21/h2-14,21H,15H2,1H3,(H,25,28)(H,26,27)/t24-/m0/s1. The third-order valence-electron chi connectivity index (χ3n) is 5.47. The molecule has 0 radical (unpaired) electrons. The molecule has 3 aromatic carbocycles. The topological polar surface area (TPSA) is 75.6 Å². The molecule has 1 aliphatic carbocycles. The summed E-state index contributed by atoms with van der Waals surface area (Å²) in [5, 5.41) is 12.2. The minimum absolute atomic E-state index is 0.0824. The Morgan fingerprint density at radius 1 is 0.897 bits per heavy atom. The molecule has 0 saturated carbocycles. The van der Waals surface area contributed by atoms with Crippen LogP contribution in [-0.2, 0) is 15.1 Å². The SMILES string of the molecule is C[C@@](NC(=O)OCC1c2ccccc2-c2ccccc21)(C(=O)O)c1ccccc1. The van der Waals surface area contributed by atoms with Gasteiger partial charge in [-0.1, -0.05) is 78.9 Å². The number of amides is 1. The zero-order valence-electron chi connectivity index (χ0n) is 16.0. The lowest BCUT2D eigenvalue weighted by Crippen LogP contribution is -2.49. The van der Waals surface area contributed by atoms with Crippen molar-refractivity contribution in [1.29, 1.82) is 0 Å². The third kappa shape index (κ3) is 3.36. The van der Waals surface area contributed by atoms with Gasteiger partial charge in [-0.25, -0.2) is 9.59 Å². The van der Waals surface area contributed by atoms with Crippen LogP contribution in [0.4, 0.5) is 4.79 Å². The number of benzene rings is 3. The van der Waals surface area contributed by atoms with E-state index >= 15 is 0 Å². The molecule has 3 aromatic rings. The average Bonchev–Trinajstić information content (AvgIpc) is 3.06. The molecule has 0 aliphatic heterocycles. The van der Waals surface area contributed by atoms with Crippen LogP contribution >= 0.6 is 0 Å². The first-order chi connectivity index (χ1) is 14.0. The number of carbonyl (C=O) groups excluding carboxylic acids is 1. The van der Waals surface area contributed by atoms with Gasteiger partial charge in [0.25, 0.3) is 0 Å². The monoisotopic (exact) mass is 387 g/mol. The molecule has 1 atom stereocenters. The van der Waals surface area contributed by atoms with E-state index in [-0.39, 0.29) is 12.5 Å². The summed E-state index contributed by atoms with van der Waals surface area (Å²) >= 11 is 0. The molecule has 0 fully saturated rings. The lowest BCUT2D eigenvalue weighted by atomic mass is 9.92. The number of hydrogen-bond acceptors (Lipinski definition) is 3. The second-order valence-electron chi connectivity index (χ2n) is 7.25. The number of nitrogens with one attached hydrogen (secondary N) is 1. The molecule has 0 aromatic heterocycles. The summed E-state index contributed by atoms with van der Waals surface area (Å²) in [5.74, 6) is -1.24. The van der Waals surface area contributed by atoms with Crippen LogP contribution in [0.5, 0.6) is 0 Å². The van der Waals surface area contributed by atoms with E-state index in [2.05, 4.69) is 17.4 Å². The van der Waals surface area contributed by atoms with Gasteiger partial charge in [-0.2, -0.15) is 0 Å². The van der Waals surface area contributed by atoms with Crippen molar-refractivity contribution >= 4 is 12.1 Å². The first-order valence-electron chi connectivity index (χ1n) is 9.43. The molecule has 0 spiro atoms. The highest BCUT2D eigenvalue weighted by atomic mass is 16.5. The van der Waals surface area contributed by atoms with Gasteiger partial charge in [-0.3, -0.25) is 0 Å². The van der Waals surface area contributed by atoms with Crippen molar-refractivity contribution < 1.29 is 19.4 Å². The molecule has 2 N–H and O–H groups in total. The highest BCUT2D eigenvalue weighted by molar-refractivity contribution is 5.85. The minimum Gasteiger partial charge on any atom is -0.479 e. The summed E-state index contributed by atoms with van der Waals surface area (Å²) in [6, 6.07) is 24.7. The van der Waals surface area contributed by atoms with Crippen LogP contribution in [0.25, 0.3) is 11.1 Å². The number of ether oxygens (including phenoxy) is 1. The van der Waals surface area contributed by atoms with Crippen LogP contribution in [0.1, 0.15) is 29.5 Å². The van der Waals surface area contributed by atoms with Crippen molar-refractivity contribution in [1.82, 2.24) is 5.32 Å². The Balaban J connectivity index is 1.52. The lowest BCUT2D eigenvalue weighted by molar-refractivity contribution is -0.144. The van der Waals surface area contributed by atoms with E-state index in [9.17, 15) is 14.7 Å². The number of carbonyl (C=O) groups is 2. The van der Waals surface area contributed by atoms with Gasteiger partial charge in [0.1, 0.15) is 6.61 Å². The number of hydrogen-bond donors (Lipinski definition) is 2. The summed E-state index contributed by atoms with van der Waals surface area (Å²) in [6.07, 6.45) is -0.763. The molecule has 1 aliphatic rings. The van der Waals surface area contributed by atoms with E-state index in [1.165, 1.54) is 6.92 Å². The predicted octanol–water partition coefficient (Wildman–Crippen LogP) is 4.53. The van der Waals surface area contributed by atoms with Crippen LogP contribution in [0.15, 0.2) is 78.9 Å². The van der Waals surface area contributed by atoms with E-state index in [4.69, 9.17) is 4.74 Å². The number of carboxylic acid groups (broad SMARTS) is 1. The van der Waals surface area contributed by atoms with Crippen molar-refractivity contribution in [3.05, 3.63) is 95.6 Å². The molecule has 29 heavy (non-hydrogen) atoms. The van der Waals surface area contributed by atoms with Gasteiger partial charge >= 0.3 is 12.1 Å². The molecule has 5 nitrogen and oxygen atoms in total. The van der Waals surface area contributed by atoms with Gasteiger partial charge < -0.3 is 15.2 Å². The first kappa shape index (κ1) is 18.7. The van der Waals surface area contributed by atoms with Crippen LogP contribution in [0, 0.1) is 0 Å². The smallest absolute Gasteiger partial charge is 0.408 e. The Hall–Kier alpha value is -3.60. The van der Waals surface area contributed by atoms with E-state index in [1.54, 1.807) is 30.3 Å². The van der Waals surface area contributed by atoms with Gasteiger partial charge in [0, 0.05) is 5.92 Å². The van der Waals surface area contributed by atoms with Crippen LogP contribution < -0.4 is 5.32 Å². The number of aliphatic carboxylic acids is 1. The summed E-state index contributed by atoms with van der Waals surface area (Å²) in [7, 11) is 0. The Kier molecular flexibility index (Phi) is 4.80. The highest BCUT2D eigenvalue weighted by Gasteiger charge is 2.38. The molecule has 4 rings (SSSR count). The maximum atomic E-state index is 12.5. The zero-order chi connectivity index (χ0) is 20.4. The van der Waals surface area contributed by atoms with Gasteiger partial charge in [0.2, 0.25) is 0 Å². The molecule has 0 heterocycles. The number of fused-ring (bicyclic) bond motifs is 3. The van der Waals surface area contributed by atoms with Gasteiger partial charge in [0.05, 0.1) is 0 Å². The van der Waals surface area contributed by atoms with Crippen LogP contribution in [-0.4, -0.2) is 23.8 Å². The minimum atomic E-state index is -1.58. The summed E-state index contributed by atoms with van der Waals surface area (Å²) < 4.78 is 5.49. The van der Waals surface area contributed by atoms with Crippen molar-refractivity contribution in [2.45, 2.75) is 18.4 Å². The Morgan fingerprint density at radius 2 is 1.41 bits per heavy atom. The molecular formula is C24H21NO4. The summed E-state index contributed by atoms with van der Waals surface area (Å²) in [6.45, 7) is 1.58. The van der Waals surface area contributed by atoms with Crippen molar-refractivity contribution in [3.63, 3.8) is 0 Å². The normalized spacial score (nSPS) is 14.4. The molecule has 5 heteroatoms. The second kappa shape index (κ2) is 7.43. The number of rotatable bonds is 5. The van der Waals surface area contributed by atoms with E-state index in [0.717, 1.165) is 22.3 Å². The molecule has 0 bridgehead atoms.